The summed E-state index contributed by atoms with van der Waals surface area (Å²) in [6.45, 7) is 0. The van der Waals surface area contributed by atoms with Crippen molar-refractivity contribution in [2.45, 2.75) is 6.04 Å². The Morgan fingerprint density at radius 3 is 2.47 bits per heavy atom. The van der Waals surface area contributed by atoms with E-state index in [1.807, 2.05) is 25.2 Å². The fourth-order valence-corrected chi connectivity index (χ4v) is 2.63. The number of para-hydroxylation sites is 1. The third-order valence-electron chi connectivity index (χ3n) is 3.22. The molecule has 0 aliphatic heterocycles. The molecular formula is C16H14INO. The van der Waals surface area contributed by atoms with Crippen molar-refractivity contribution < 1.29 is 4.42 Å². The van der Waals surface area contributed by atoms with Crippen LogP contribution in [0.2, 0.25) is 0 Å². The summed E-state index contributed by atoms with van der Waals surface area (Å²) in [6, 6.07) is 18.8. The second-order valence-electron chi connectivity index (χ2n) is 4.46. The molecular weight excluding hydrogens is 349 g/mol. The predicted octanol–water partition coefficient (Wildman–Crippen LogP) is 4.35. The molecule has 0 spiro atoms. The van der Waals surface area contributed by atoms with E-state index in [1.165, 1.54) is 9.13 Å². The standard InChI is InChI=1S/C16H14INO/c1-18-16(11-6-8-13(17)9-7-11)15-10-12-4-2-3-5-14(12)19-15/h2-10,16,18H,1H3. The van der Waals surface area contributed by atoms with Crippen LogP contribution >= 0.6 is 22.6 Å². The number of hydrogen-bond acceptors (Lipinski definition) is 2. The quantitative estimate of drug-likeness (QED) is 0.700. The van der Waals surface area contributed by atoms with Crippen LogP contribution < -0.4 is 5.32 Å². The molecule has 1 unspecified atom stereocenters. The van der Waals surface area contributed by atoms with E-state index in [0.29, 0.717) is 0 Å². The number of nitrogens with one attached hydrogen (secondary N) is 1. The van der Waals surface area contributed by atoms with Crippen molar-refractivity contribution in [2.24, 2.45) is 0 Å². The molecule has 1 atom stereocenters. The van der Waals surface area contributed by atoms with E-state index < -0.39 is 0 Å². The lowest BCUT2D eigenvalue weighted by Crippen LogP contribution is -2.16. The molecule has 2 nitrogen and oxygen atoms in total. The van der Waals surface area contributed by atoms with E-state index in [0.717, 1.165) is 16.7 Å². The van der Waals surface area contributed by atoms with Gasteiger partial charge in [0.1, 0.15) is 11.3 Å². The number of hydrogen-bond donors (Lipinski definition) is 1. The molecule has 0 bridgehead atoms. The van der Waals surface area contributed by atoms with Crippen LogP contribution in [0.15, 0.2) is 59.0 Å². The minimum atomic E-state index is 0.0874. The van der Waals surface area contributed by atoms with Gasteiger partial charge in [-0.25, -0.2) is 0 Å². The molecule has 0 amide bonds. The zero-order valence-corrected chi connectivity index (χ0v) is 12.7. The van der Waals surface area contributed by atoms with Crippen LogP contribution in [0.25, 0.3) is 11.0 Å². The van der Waals surface area contributed by atoms with E-state index in [2.05, 4.69) is 64.3 Å². The van der Waals surface area contributed by atoms with Crippen molar-refractivity contribution in [3.63, 3.8) is 0 Å². The van der Waals surface area contributed by atoms with Gasteiger partial charge in [-0.1, -0.05) is 30.3 Å². The Bertz CT molecular complexity index is 654. The van der Waals surface area contributed by atoms with Gasteiger partial charge in [-0.15, -0.1) is 0 Å². The SMILES string of the molecule is CNC(c1ccc(I)cc1)c1cc2ccccc2o1. The van der Waals surface area contributed by atoms with Crippen molar-refractivity contribution >= 4 is 33.6 Å². The van der Waals surface area contributed by atoms with Gasteiger partial charge in [-0.3, -0.25) is 0 Å². The lowest BCUT2D eigenvalue weighted by Gasteiger charge is -2.13. The lowest BCUT2D eigenvalue weighted by atomic mass is 10.0. The summed E-state index contributed by atoms with van der Waals surface area (Å²) in [6.07, 6.45) is 0. The Hall–Kier alpha value is -1.33. The number of halogens is 1. The van der Waals surface area contributed by atoms with Crippen molar-refractivity contribution in [1.29, 1.82) is 0 Å². The highest BCUT2D eigenvalue weighted by atomic mass is 127. The Balaban J connectivity index is 2.04. The highest BCUT2D eigenvalue weighted by molar-refractivity contribution is 14.1. The third-order valence-corrected chi connectivity index (χ3v) is 3.94. The minimum Gasteiger partial charge on any atom is -0.459 e. The van der Waals surface area contributed by atoms with Gasteiger partial charge in [0.05, 0.1) is 6.04 Å². The van der Waals surface area contributed by atoms with Crippen LogP contribution in [0, 0.1) is 3.57 Å². The molecule has 19 heavy (non-hydrogen) atoms. The zero-order chi connectivity index (χ0) is 13.2. The fraction of sp³-hybridized carbons (Fsp3) is 0.125. The molecule has 0 saturated carbocycles. The Morgan fingerprint density at radius 2 is 1.79 bits per heavy atom. The normalized spacial score (nSPS) is 12.7. The van der Waals surface area contributed by atoms with E-state index in [9.17, 15) is 0 Å². The van der Waals surface area contributed by atoms with Crippen LogP contribution in [0.5, 0.6) is 0 Å². The van der Waals surface area contributed by atoms with Crippen LogP contribution in [-0.2, 0) is 0 Å². The van der Waals surface area contributed by atoms with E-state index in [1.54, 1.807) is 0 Å². The van der Waals surface area contributed by atoms with Crippen LogP contribution in [0.4, 0.5) is 0 Å². The van der Waals surface area contributed by atoms with E-state index in [4.69, 9.17) is 4.42 Å². The topological polar surface area (TPSA) is 25.2 Å². The monoisotopic (exact) mass is 363 g/mol. The van der Waals surface area contributed by atoms with Crippen LogP contribution in [-0.4, -0.2) is 7.05 Å². The van der Waals surface area contributed by atoms with Crippen molar-refractivity contribution in [3.8, 4) is 0 Å². The molecule has 0 radical (unpaired) electrons. The van der Waals surface area contributed by atoms with Crippen molar-refractivity contribution in [3.05, 3.63) is 69.5 Å². The summed E-state index contributed by atoms with van der Waals surface area (Å²) in [4.78, 5) is 0. The first kappa shape index (κ1) is 12.7. The molecule has 3 aromatic rings. The highest BCUT2D eigenvalue weighted by Crippen LogP contribution is 2.28. The van der Waals surface area contributed by atoms with Gasteiger partial charge in [0, 0.05) is 8.96 Å². The largest absolute Gasteiger partial charge is 0.459 e. The maximum absolute atomic E-state index is 5.94. The number of fused-ring (bicyclic) bond motifs is 1. The number of furan rings is 1. The third kappa shape index (κ3) is 2.53. The molecule has 0 aliphatic carbocycles. The highest BCUT2D eigenvalue weighted by Gasteiger charge is 2.16. The van der Waals surface area contributed by atoms with Gasteiger partial charge in [0.15, 0.2) is 0 Å². The van der Waals surface area contributed by atoms with Gasteiger partial charge in [-0.2, -0.15) is 0 Å². The molecule has 0 saturated heterocycles. The summed E-state index contributed by atoms with van der Waals surface area (Å²) >= 11 is 2.31. The van der Waals surface area contributed by atoms with Crippen molar-refractivity contribution in [2.75, 3.05) is 7.05 Å². The first-order valence-electron chi connectivity index (χ1n) is 6.19. The molecule has 0 aliphatic rings. The van der Waals surface area contributed by atoms with Gasteiger partial charge in [-0.05, 0) is 59.5 Å². The maximum Gasteiger partial charge on any atom is 0.134 e. The molecule has 1 N–H and O–H groups in total. The summed E-state index contributed by atoms with van der Waals surface area (Å²) in [5.41, 5.74) is 2.14. The summed E-state index contributed by atoms with van der Waals surface area (Å²) < 4.78 is 7.18. The molecule has 0 fully saturated rings. The van der Waals surface area contributed by atoms with Gasteiger partial charge < -0.3 is 9.73 Å². The first-order valence-corrected chi connectivity index (χ1v) is 7.27. The van der Waals surface area contributed by atoms with Crippen LogP contribution in [0.3, 0.4) is 0 Å². The summed E-state index contributed by atoms with van der Waals surface area (Å²) in [5, 5.41) is 4.46. The second-order valence-corrected chi connectivity index (χ2v) is 5.71. The van der Waals surface area contributed by atoms with Gasteiger partial charge in [0.2, 0.25) is 0 Å². The predicted molar refractivity (Wildman–Crippen MR) is 86.3 cm³/mol. The fourth-order valence-electron chi connectivity index (χ4n) is 2.27. The Morgan fingerprint density at radius 1 is 1.05 bits per heavy atom. The maximum atomic E-state index is 5.94. The molecule has 1 heterocycles. The van der Waals surface area contributed by atoms with Crippen molar-refractivity contribution in [1.82, 2.24) is 5.32 Å². The van der Waals surface area contributed by atoms with Crippen LogP contribution in [0.1, 0.15) is 17.4 Å². The molecule has 2 aromatic carbocycles. The van der Waals surface area contributed by atoms with E-state index >= 15 is 0 Å². The molecule has 3 rings (SSSR count). The Kier molecular flexibility index (Phi) is 3.57. The zero-order valence-electron chi connectivity index (χ0n) is 10.6. The second kappa shape index (κ2) is 5.35. The first-order chi connectivity index (χ1) is 9.28. The lowest BCUT2D eigenvalue weighted by molar-refractivity contribution is 0.491. The Labute approximate surface area is 126 Å². The number of benzene rings is 2. The minimum absolute atomic E-state index is 0.0874. The average Bonchev–Trinajstić information content (AvgIpc) is 2.85. The molecule has 1 aromatic heterocycles. The average molecular weight is 363 g/mol. The number of rotatable bonds is 3. The molecule has 3 heteroatoms. The smallest absolute Gasteiger partial charge is 0.134 e. The molecule has 96 valence electrons. The summed E-state index contributed by atoms with van der Waals surface area (Å²) in [5.74, 6) is 0.949. The summed E-state index contributed by atoms with van der Waals surface area (Å²) in [7, 11) is 1.95. The van der Waals surface area contributed by atoms with E-state index in [-0.39, 0.29) is 6.04 Å². The van der Waals surface area contributed by atoms with Gasteiger partial charge >= 0.3 is 0 Å². The van der Waals surface area contributed by atoms with Gasteiger partial charge in [0.25, 0.3) is 0 Å².